The Bertz CT molecular complexity index is 1140. The Labute approximate surface area is 191 Å². The third-order valence-electron chi connectivity index (χ3n) is 3.49. The molecule has 0 aliphatic carbocycles. The number of alkyl halides is 6. The predicted octanol–water partition coefficient (Wildman–Crippen LogP) is 1.10. The van der Waals surface area contributed by atoms with Crippen LogP contribution in [0.15, 0.2) is 24.3 Å². The van der Waals surface area contributed by atoms with Crippen LogP contribution in [0.5, 0.6) is 0 Å². The molecule has 0 aliphatic rings. The number of anilines is 1. The summed E-state index contributed by atoms with van der Waals surface area (Å²) in [6, 6.07) is 0.686. The van der Waals surface area contributed by atoms with Crippen molar-refractivity contribution in [2.45, 2.75) is 29.9 Å². The van der Waals surface area contributed by atoms with Gasteiger partial charge >= 0.3 is 43.2 Å². The van der Waals surface area contributed by atoms with Crippen LogP contribution < -0.4 is 10.5 Å². The molecule has 0 fully saturated rings. The molecule has 0 spiro atoms. The van der Waals surface area contributed by atoms with E-state index in [0.29, 0.717) is 12.1 Å². The minimum atomic E-state index is -6.88. The van der Waals surface area contributed by atoms with Gasteiger partial charge in [-0.3, -0.25) is 9.59 Å². The van der Waals surface area contributed by atoms with E-state index in [9.17, 15) is 57.6 Å². The van der Waals surface area contributed by atoms with Gasteiger partial charge in [0.1, 0.15) is 11.7 Å². The Morgan fingerprint density at radius 2 is 1.37 bits per heavy atom. The fraction of sp³-hybridized carbons (Fsp3) is 0.357. The Morgan fingerprint density at radius 1 is 0.914 bits per heavy atom. The third kappa shape index (κ3) is 7.93. The topological polar surface area (TPSA) is 194 Å². The molecule has 198 valence electrons. The van der Waals surface area contributed by atoms with Crippen LogP contribution in [0.2, 0.25) is 0 Å². The van der Waals surface area contributed by atoms with Crippen molar-refractivity contribution in [2.24, 2.45) is 0 Å². The molecule has 0 saturated heterocycles. The summed E-state index contributed by atoms with van der Waals surface area (Å²) in [5.41, 5.74) is -15.2. The summed E-state index contributed by atoms with van der Waals surface area (Å²) in [4.78, 5) is 34.3. The summed E-state index contributed by atoms with van der Waals surface area (Å²) in [7, 11) is -13.8. The highest BCUT2D eigenvalue weighted by molar-refractivity contribution is 7.88. The van der Waals surface area contributed by atoms with E-state index in [0.717, 1.165) is 12.1 Å². The first-order valence-electron chi connectivity index (χ1n) is 8.36. The highest BCUT2D eigenvalue weighted by Crippen LogP contribution is 2.33. The zero-order chi connectivity index (χ0) is 27.4. The van der Waals surface area contributed by atoms with Crippen LogP contribution in [0.3, 0.4) is 0 Å². The van der Waals surface area contributed by atoms with Crippen molar-refractivity contribution >= 4 is 43.8 Å². The fourth-order valence-electron chi connectivity index (χ4n) is 1.94. The van der Waals surface area contributed by atoms with Crippen LogP contribution >= 0.6 is 0 Å². The van der Waals surface area contributed by atoms with Crippen LogP contribution in [-0.2, 0) is 38.4 Å². The highest BCUT2D eigenvalue weighted by Gasteiger charge is 2.53. The van der Waals surface area contributed by atoms with Crippen LogP contribution in [0, 0.1) is 0 Å². The van der Waals surface area contributed by atoms with E-state index in [2.05, 4.69) is 8.57 Å². The number of halogens is 6. The lowest BCUT2D eigenvalue weighted by Crippen LogP contribution is -2.43. The smallest absolute Gasteiger partial charge is 0.481 e. The Morgan fingerprint density at radius 3 is 1.77 bits per heavy atom. The molecule has 0 aromatic heterocycles. The molecule has 1 aromatic rings. The molecule has 0 radical (unpaired) electrons. The van der Waals surface area contributed by atoms with Gasteiger partial charge in [0.2, 0.25) is 0 Å². The lowest BCUT2D eigenvalue weighted by atomic mass is 10.1. The monoisotopic (exact) mass is 562 g/mol. The number of rotatable bonds is 11. The predicted molar refractivity (Wildman–Crippen MR) is 96.8 cm³/mol. The number of nitrogens with zero attached hydrogens (tertiary/aromatic N) is 1. The maximum absolute atomic E-state index is 12.7. The van der Waals surface area contributed by atoms with Crippen molar-refractivity contribution in [3.8, 4) is 0 Å². The average molecular weight is 562 g/mol. The molecule has 0 aliphatic heterocycles. The van der Waals surface area contributed by atoms with Gasteiger partial charge in [0.05, 0.1) is 5.56 Å². The van der Waals surface area contributed by atoms with Gasteiger partial charge in [0, 0.05) is 6.42 Å². The van der Waals surface area contributed by atoms with Crippen LogP contribution in [0.4, 0.5) is 32.0 Å². The van der Waals surface area contributed by atoms with Crippen molar-refractivity contribution in [2.75, 3.05) is 5.23 Å². The van der Waals surface area contributed by atoms with E-state index < -0.39 is 84.5 Å². The number of carbonyl (C=O) groups is 3. The van der Waals surface area contributed by atoms with Gasteiger partial charge in [-0.15, -0.1) is 8.57 Å². The zero-order valence-electron chi connectivity index (χ0n) is 16.4. The lowest BCUT2D eigenvalue weighted by Gasteiger charge is -2.24. The Hall–Kier alpha value is -3.17. The summed E-state index contributed by atoms with van der Waals surface area (Å²) in [6.07, 6.45) is -1.54. The van der Waals surface area contributed by atoms with E-state index in [-0.39, 0.29) is 0 Å². The fourth-order valence-corrected chi connectivity index (χ4v) is 2.73. The van der Waals surface area contributed by atoms with Gasteiger partial charge in [-0.1, -0.05) is 17.4 Å². The molecular weight excluding hydrogens is 550 g/mol. The number of benzene rings is 1. The summed E-state index contributed by atoms with van der Waals surface area (Å²) in [6.45, 7) is 0. The molecule has 0 bridgehead atoms. The van der Waals surface area contributed by atoms with Crippen molar-refractivity contribution in [3.05, 3.63) is 29.8 Å². The van der Waals surface area contributed by atoms with Gasteiger partial charge < -0.3 is 15.5 Å². The summed E-state index contributed by atoms with van der Waals surface area (Å²) >= 11 is 0. The van der Waals surface area contributed by atoms with Crippen molar-refractivity contribution in [1.29, 1.82) is 0 Å². The SMILES string of the molecule is O=C(O)CC[C@H](NC(=O)c1ccccc1N(OS(=O)(=O)C(F)(F)F)OS(=O)(=O)C(F)(F)F)C(=O)O. The lowest BCUT2D eigenvalue weighted by molar-refractivity contribution is -0.140. The minimum absolute atomic E-state index is 0.389. The molecule has 1 aromatic carbocycles. The van der Waals surface area contributed by atoms with Gasteiger partial charge in [0.25, 0.3) is 5.91 Å². The quantitative estimate of drug-likeness (QED) is 0.198. The van der Waals surface area contributed by atoms with Gasteiger partial charge in [-0.25, -0.2) is 4.79 Å². The number of para-hydroxylation sites is 1. The largest absolute Gasteiger partial charge is 0.525 e. The summed E-state index contributed by atoms with van der Waals surface area (Å²) in [5, 5.41) is 18.0. The number of hydrogen-bond acceptors (Lipinski definition) is 10. The Kier molecular flexibility index (Phi) is 9.06. The maximum Gasteiger partial charge on any atom is 0.525 e. The number of hydrogen-bond donors (Lipinski definition) is 3. The second-order valence-electron chi connectivity index (χ2n) is 6.02. The number of nitrogens with one attached hydrogen (secondary N) is 1. The molecule has 0 saturated carbocycles. The standard InChI is InChI=1S/C14H12F6N2O11S2/c15-13(16,17)34(28,29)32-22(33-35(30,31)14(18,19)20)9-4-2-1-3-7(9)11(25)21-8(12(26)27)5-6-10(23)24/h1-4,8H,5-6H2,(H,21,25)(H,23,24)(H,26,27)/t8-/m0/s1. The molecule has 1 amide bonds. The first-order chi connectivity index (χ1) is 15.7. The molecule has 1 atom stereocenters. The number of carboxylic acid groups (broad SMARTS) is 2. The average Bonchev–Trinajstić information content (AvgIpc) is 2.68. The van der Waals surface area contributed by atoms with E-state index in [4.69, 9.17) is 10.2 Å². The van der Waals surface area contributed by atoms with E-state index in [1.165, 1.54) is 0 Å². The van der Waals surface area contributed by atoms with E-state index in [1.807, 2.05) is 0 Å². The summed E-state index contributed by atoms with van der Waals surface area (Å²) in [5.74, 6) is -4.93. The highest BCUT2D eigenvalue weighted by atomic mass is 32.2. The number of aliphatic carboxylic acids is 2. The first kappa shape index (κ1) is 29.9. The van der Waals surface area contributed by atoms with E-state index >= 15 is 0 Å². The van der Waals surface area contributed by atoms with Crippen LogP contribution in [-0.4, -0.2) is 62.0 Å². The van der Waals surface area contributed by atoms with Gasteiger partial charge in [-0.05, 0) is 18.6 Å². The van der Waals surface area contributed by atoms with Crippen molar-refractivity contribution < 1.29 is 76.3 Å². The van der Waals surface area contributed by atoms with Gasteiger partial charge in [0.15, 0.2) is 0 Å². The number of carbonyl (C=O) groups excluding carboxylic acids is 1. The molecule has 0 heterocycles. The van der Waals surface area contributed by atoms with Crippen LogP contribution in [0.25, 0.3) is 0 Å². The molecule has 1 rings (SSSR count). The minimum Gasteiger partial charge on any atom is -0.481 e. The summed E-state index contributed by atoms with van der Waals surface area (Å²) < 4.78 is 128. The third-order valence-corrected chi connectivity index (χ3v) is 5.29. The van der Waals surface area contributed by atoms with Crippen molar-refractivity contribution in [1.82, 2.24) is 5.32 Å². The molecule has 13 nitrogen and oxygen atoms in total. The van der Waals surface area contributed by atoms with Crippen LogP contribution in [0.1, 0.15) is 23.2 Å². The normalized spacial score (nSPS) is 13.7. The second-order valence-corrected chi connectivity index (χ2v) is 9.06. The number of amides is 1. The van der Waals surface area contributed by atoms with E-state index in [1.54, 1.807) is 5.32 Å². The zero-order valence-corrected chi connectivity index (χ0v) is 18.0. The Balaban J connectivity index is 3.54. The first-order valence-corrected chi connectivity index (χ1v) is 11.2. The second kappa shape index (κ2) is 10.6. The molecule has 35 heavy (non-hydrogen) atoms. The molecule has 21 heteroatoms. The molecular formula is C14H12F6N2O11S2. The molecule has 3 N–H and O–H groups in total. The number of carboxylic acids is 2. The molecule has 0 unspecified atom stereocenters. The van der Waals surface area contributed by atoms with Crippen molar-refractivity contribution in [3.63, 3.8) is 0 Å². The maximum atomic E-state index is 12.7. The van der Waals surface area contributed by atoms with Gasteiger partial charge in [-0.2, -0.15) is 43.2 Å².